The molecule has 0 heterocycles. The van der Waals surface area contributed by atoms with E-state index < -0.39 is 12.0 Å². The van der Waals surface area contributed by atoms with E-state index in [9.17, 15) is 9.59 Å². The average molecular weight is 322 g/mol. The molecule has 22 heavy (non-hydrogen) atoms. The van der Waals surface area contributed by atoms with Crippen LogP contribution in [0.25, 0.3) is 0 Å². The van der Waals surface area contributed by atoms with Crippen molar-refractivity contribution in [2.75, 3.05) is 17.6 Å². The molecule has 0 aromatic heterocycles. The quantitative estimate of drug-likeness (QED) is 0.456. The van der Waals surface area contributed by atoms with Crippen LogP contribution >= 0.6 is 11.8 Å². The van der Waals surface area contributed by atoms with Crippen molar-refractivity contribution in [1.29, 1.82) is 0 Å². The summed E-state index contributed by atoms with van der Waals surface area (Å²) in [4.78, 5) is 24.0. The molecule has 1 aromatic rings. The number of carbonyl (C=O) groups excluding carboxylic acids is 1. The van der Waals surface area contributed by atoms with Crippen LogP contribution in [0.2, 0.25) is 0 Å². The molecular weight excluding hydrogens is 300 g/mol. The molecule has 6 heteroatoms. The molecule has 0 saturated heterocycles. The first-order valence-electron chi connectivity index (χ1n) is 7.17. The number of benzene rings is 1. The van der Waals surface area contributed by atoms with Crippen LogP contribution in [0.1, 0.15) is 19.8 Å². The molecule has 5 nitrogen and oxygen atoms in total. The number of carbonyl (C=O) groups is 2. The highest BCUT2D eigenvalue weighted by atomic mass is 32.2. The van der Waals surface area contributed by atoms with Crippen molar-refractivity contribution in [2.24, 2.45) is 0 Å². The monoisotopic (exact) mass is 322 g/mol. The zero-order chi connectivity index (χ0) is 16.4. The van der Waals surface area contributed by atoms with Gasteiger partial charge in [0, 0.05) is 10.6 Å². The number of anilines is 1. The van der Waals surface area contributed by atoms with E-state index in [0.29, 0.717) is 6.42 Å². The molecule has 0 fully saturated rings. The third kappa shape index (κ3) is 6.32. The van der Waals surface area contributed by atoms with Gasteiger partial charge in [0.2, 0.25) is 5.91 Å². The fourth-order valence-electron chi connectivity index (χ4n) is 1.86. The minimum Gasteiger partial charge on any atom is -0.480 e. The Balaban J connectivity index is 2.57. The standard InChI is InChI=1S/C16H22N2O3S/c1-3-7-13(16(20)21)17-11-15(19)18-12-8-5-6-9-14(12)22-10-4-2/h4-6,8-9,13,17H,2-3,7,10-11H2,1H3,(H,18,19)(H,20,21). The second-order valence-electron chi connectivity index (χ2n) is 4.70. The SMILES string of the molecule is C=CCSc1ccccc1NC(=O)CNC(CCC)C(=O)O. The number of thioether (sulfide) groups is 1. The average Bonchev–Trinajstić information content (AvgIpc) is 2.50. The Labute approximate surface area is 135 Å². The third-order valence-electron chi connectivity index (χ3n) is 2.90. The Morgan fingerprint density at radius 1 is 1.41 bits per heavy atom. The molecule has 1 amide bonds. The number of aliphatic carboxylic acids is 1. The lowest BCUT2D eigenvalue weighted by atomic mass is 10.2. The number of para-hydroxylation sites is 1. The molecule has 0 saturated carbocycles. The van der Waals surface area contributed by atoms with Crippen molar-refractivity contribution in [3.63, 3.8) is 0 Å². The van der Waals surface area contributed by atoms with Crippen LogP contribution < -0.4 is 10.6 Å². The maximum atomic E-state index is 12.0. The van der Waals surface area contributed by atoms with E-state index in [1.807, 2.05) is 31.2 Å². The molecule has 0 radical (unpaired) electrons. The molecule has 3 N–H and O–H groups in total. The van der Waals surface area contributed by atoms with Crippen LogP contribution in [0.4, 0.5) is 5.69 Å². The van der Waals surface area contributed by atoms with Crippen molar-refractivity contribution >= 4 is 29.3 Å². The summed E-state index contributed by atoms with van der Waals surface area (Å²) in [6.45, 7) is 5.55. The number of amides is 1. The number of hydrogen-bond acceptors (Lipinski definition) is 4. The van der Waals surface area contributed by atoms with Crippen molar-refractivity contribution < 1.29 is 14.7 Å². The first-order valence-corrected chi connectivity index (χ1v) is 8.15. The van der Waals surface area contributed by atoms with Crippen LogP contribution in [-0.4, -0.2) is 35.3 Å². The summed E-state index contributed by atoms with van der Waals surface area (Å²) < 4.78 is 0. The fourth-order valence-corrected chi connectivity index (χ4v) is 2.60. The minimum atomic E-state index is -0.934. The van der Waals surface area contributed by atoms with Gasteiger partial charge >= 0.3 is 5.97 Å². The van der Waals surface area contributed by atoms with Gasteiger partial charge in [0.05, 0.1) is 12.2 Å². The molecule has 0 aliphatic rings. The second-order valence-corrected chi connectivity index (χ2v) is 5.77. The van der Waals surface area contributed by atoms with Crippen molar-refractivity contribution in [3.8, 4) is 0 Å². The maximum absolute atomic E-state index is 12.0. The van der Waals surface area contributed by atoms with Gasteiger partial charge in [-0.3, -0.25) is 14.9 Å². The van der Waals surface area contributed by atoms with Gasteiger partial charge in [-0.2, -0.15) is 0 Å². The number of nitrogens with one attached hydrogen (secondary N) is 2. The van der Waals surface area contributed by atoms with Gasteiger partial charge in [-0.25, -0.2) is 0 Å². The van der Waals surface area contributed by atoms with E-state index in [-0.39, 0.29) is 12.5 Å². The predicted molar refractivity (Wildman–Crippen MR) is 90.3 cm³/mol. The predicted octanol–water partition coefficient (Wildman–Crippen LogP) is 2.75. The highest BCUT2D eigenvalue weighted by molar-refractivity contribution is 7.99. The van der Waals surface area contributed by atoms with Crippen LogP contribution in [0.15, 0.2) is 41.8 Å². The number of hydrogen-bond donors (Lipinski definition) is 3. The molecule has 1 aromatic carbocycles. The van der Waals surface area contributed by atoms with E-state index in [1.165, 1.54) is 0 Å². The maximum Gasteiger partial charge on any atom is 0.320 e. The minimum absolute atomic E-state index is 0.0303. The first kappa shape index (κ1) is 18.3. The van der Waals surface area contributed by atoms with E-state index in [2.05, 4.69) is 17.2 Å². The Morgan fingerprint density at radius 3 is 2.77 bits per heavy atom. The highest BCUT2D eigenvalue weighted by Gasteiger charge is 2.17. The van der Waals surface area contributed by atoms with Gasteiger partial charge in [0.25, 0.3) is 0 Å². The Hall–Kier alpha value is -1.79. The lowest BCUT2D eigenvalue weighted by molar-refractivity contribution is -0.139. The number of rotatable bonds is 10. The summed E-state index contributed by atoms with van der Waals surface area (Å²) in [6, 6.07) is 6.80. The number of carboxylic acid groups (broad SMARTS) is 1. The summed E-state index contributed by atoms with van der Waals surface area (Å²) in [5.74, 6) is -0.437. The lowest BCUT2D eigenvalue weighted by Crippen LogP contribution is -2.41. The lowest BCUT2D eigenvalue weighted by Gasteiger charge is -2.14. The van der Waals surface area contributed by atoms with Crippen LogP contribution in [0.5, 0.6) is 0 Å². The van der Waals surface area contributed by atoms with Gasteiger partial charge in [0.1, 0.15) is 6.04 Å². The summed E-state index contributed by atoms with van der Waals surface area (Å²) in [7, 11) is 0. The first-order chi connectivity index (χ1) is 10.6. The molecule has 1 atom stereocenters. The zero-order valence-corrected chi connectivity index (χ0v) is 13.5. The normalized spacial score (nSPS) is 11.7. The van der Waals surface area contributed by atoms with Gasteiger partial charge in [-0.15, -0.1) is 18.3 Å². The molecule has 1 rings (SSSR count). The molecule has 120 valence electrons. The smallest absolute Gasteiger partial charge is 0.320 e. The van der Waals surface area contributed by atoms with Gasteiger partial charge in [0.15, 0.2) is 0 Å². The summed E-state index contributed by atoms with van der Waals surface area (Å²) in [5, 5.41) is 14.6. The van der Waals surface area contributed by atoms with Crippen LogP contribution in [-0.2, 0) is 9.59 Å². The van der Waals surface area contributed by atoms with E-state index in [0.717, 1.165) is 22.8 Å². The van der Waals surface area contributed by atoms with E-state index >= 15 is 0 Å². The molecule has 0 aliphatic heterocycles. The Kier molecular flexibility index (Phi) is 8.32. The molecule has 0 aliphatic carbocycles. The molecule has 1 unspecified atom stereocenters. The molecular formula is C16H22N2O3S. The van der Waals surface area contributed by atoms with Crippen molar-refractivity contribution in [2.45, 2.75) is 30.7 Å². The largest absolute Gasteiger partial charge is 0.480 e. The van der Waals surface area contributed by atoms with Crippen molar-refractivity contribution in [1.82, 2.24) is 5.32 Å². The van der Waals surface area contributed by atoms with Gasteiger partial charge in [-0.05, 0) is 18.6 Å². The van der Waals surface area contributed by atoms with Crippen LogP contribution in [0, 0.1) is 0 Å². The Bertz CT molecular complexity index is 520. The Morgan fingerprint density at radius 2 is 2.14 bits per heavy atom. The van der Waals surface area contributed by atoms with Crippen molar-refractivity contribution in [3.05, 3.63) is 36.9 Å². The number of carboxylic acids is 1. The van der Waals surface area contributed by atoms with E-state index in [4.69, 9.17) is 5.11 Å². The summed E-state index contributed by atoms with van der Waals surface area (Å²) in [5.41, 5.74) is 0.725. The van der Waals surface area contributed by atoms with Gasteiger partial charge < -0.3 is 10.4 Å². The fraction of sp³-hybridized carbons (Fsp3) is 0.375. The topological polar surface area (TPSA) is 78.4 Å². The summed E-state index contributed by atoms with van der Waals surface area (Å²) >= 11 is 1.58. The highest BCUT2D eigenvalue weighted by Crippen LogP contribution is 2.26. The third-order valence-corrected chi connectivity index (χ3v) is 3.97. The molecule has 0 bridgehead atoms. The van der Waals surface area contributed by atoms with Crippen LogP contribution in [0.3, 0.4) is 0 Å². The summed E-state index contributed by atoms with van der Waals surface area (Å²) in [6.07, 6.45) is 3.04. The zero-order valence-electron chi connectivity index (χ0n) is 12.7. The van der Waals surface area contributed by atoms with Gasteiger partial charge in [-0.1, -0.05) is 31.6 Å². The molecule has 0 spiro atoms. The van der Waals surface area contributed by atoms with E-state index in [1.54, 1.807) is 17.8 Å². The second kappa shape index (κ2) is 10.0.